The number of hydrogen-bond donors (Lipinski definition) is 2. The van der Waals surface area contributed by atoms with E-state index in [1.54, 1.807) is 0 Å². The van der Waals surface area contributed by atoms with Crippen molar-refractivity contribution in [1.82, 2.24) is 4.90 Å². The molecule has 0 amide bonds. The Labute approximate surface area is 91.4 Å². The molecule has 0 saturated carbocycles. The maximum absolute atomic E-state index is 9.68. The topological polar surface area (TPSA) is 58.7 Å². The minimum absolute atomic E-state index is 0.0493. The van der Waals surface area contributed by atoms with E-state index < -0.39 is 0 Å². The van der Waals surface area contributed by atoms with Gasteiger partial charge in [-0.15, -0.1) is 0 Å². The fourth-order valence-electron chi connectivity index (χ4n) is 2.72. The highest BCUT2D eigenvalue weighted by molar-refractivity contribution is 4.95. The summed E-state index contributed by atoms with van der Waals surface area (Å²) in [5.41, 5.74) is 5.45. The zero-order valence-electron chi connectivity index (χ0n) is 9.32. The normalized spacial score (nSPS) is 37.6. The summed E-state index contributed by atoms with van der Waals surface area (Å²) in [5.74, 6) is 0. The Bertz CT molecular complexity index is 213. The maximum atomic E-state index is 9.68. The minimum atomic E-state index is -0.159. The molecule has 0 aromatic carbocycles. The molecule has 0 aromatic heterocycles. The molecule has 1 spiro atoms. The number of likely N-dealkylation sites (tertiary alicyclic amines) is 1. The predicted molar refractivity (Wildman–Crippen MR) is 58.7 cm³/mol. The molecule has 2 heterocycles. The third kappa shape index (κ3) is 2.69. The average molecular weight is 214 g/mol. The quantitative estimate of drug-likeness (QED) is 0.691. The van der Waals surface area contributed by atoms with Gasteiger partial charge in [0.2, 0.25) is 0 Å². The summed E-state index contributed by atoms with van der Waals surface area (Å²) >= 11 is 0. The molecular formula is C11H22N2O2. The third-order valence-electron chi connectivity index (χ3n) is 3.54. The van der Waals surface area contributed by atoms with Gasteiger partial charge in [-0.05, 0) is 32.4 Å². The molecule has 2 fully saturated rings. The highest BCUT2D eigenvalue weighted by Crippen LogP contribution is 2.34. The lowest BCUT2D eigenvalue weighted by atomic mass is 9.91. The first kappa shape index (κ1) is 11.3. The third-order valence-corrected chi connectivity index (χ3v) is 3.54. The number of aliphatic hydroxyl groups excluding tert-OH is 1. The van der Waals surface area contributed by atoms with Crippen LogP contribution in [0.4, 0.5) is 0 Å². The zero-order chi connectivity index (χ0) is 10.7. The van der Waals surface area contributed by atoms with E-state index in [0.29, 0.717) is 6.61 Å². The van der Waals surface area contributed by atoms with Crippen molar-refractivity contribution in [3.8, 4) is 0 Å². The van der Waals surface area contributed by atoms with Crippen LogP contribution in [0.3, 0.4) is 0 Å². The average Bonchev–Trinajstić information content (AvgIpc) is 2.58. The van der Waals surface area contributed by atoms with Crippen LogP contribution in [0.2, 0.25) is 0 Å². The smallest absolute Gasteiger partial charge is 0.0845 e. The molecule has 0 bridgehead atoms. The molecule has 2 aliphatic rings. The molecule has 2 atom stereocenters. The van der Waals surface area contributed by atoms with Crippen LogP contribution in [-0.4, -0.2) is 54.5 Å². The maximum Gasteiger partial charge on any atom is 0.0845 e. The van der Waals surface area contributed by atoms with Gasteiger partial charge in [-0.1, -0.05) is 0 Å². The second kappa shape index (κ2) is 4.78. The Hall–Kier alpha value is -0.160. The van der Waals surface area contributed by atoms with Gasteiger partial charge in [0.05, 0.1) is 11.7 Å². The van der Waals surface area contributed by atoms with E-state index in [1.165, 1.54) is 0 Å². The summed E-state index contributed by atoms with van der Waals surface area (Å²) in [6.45, 7) is 4.60. The van der Waals surface area contributed by atoms with Gasteiger partial charge < -0.3 is 20.5 Å². The number of hydrogen-bond acceptors (Lipinski definition) is 4. The number of ether oxygens (including phenoxy) is 1. The Morgan fingerprint density at radius 3 is 3.13 bits per heavy atom. The van der Waals surface area contributed by atoms with Crippen molar-refractivity contribution >= 4 is 0 Å². The van der Waals surface area contributed by atoms with E-state index in [0.717, 1.165) is 51.9 Å². The van der Waals surface area contributed by atoms with Gasteiger partial charge in [-0.2, -0.15) is 0 Å². The van der Waals surface area contributed by atoms with Gasteiger partial charge in [0.1, 0.15) is 0 Å². The van der Waals surface area contributed by atoms with Crippen LogP contribution in [0.15, 0.2) is 0 Å². The van der Waals surface area contributed by atoms with Gasteiger partial charge in [0.25, 0.3) is 0 Å². The molecule has 2 rings (SSSR count). The van der Waals surface area contributed by atoms with E-state index in [-0.39, 0.29) is 11.7 Å². The van der Waals surface area contributed by atoms with Crippen molar-refractivity contribution in [3.63, 3.8) is 0 Å². The lowest BCUT2D eigenvalue weighted by Gasteiger charge is -2.36. The fourth-order valence-corrected chi connectivity index (χ4v) is 2.72. The van der Waals surface area contributed by atoms with Crippen molar-refractivity contribution in [2.45, 2.75) is 37.4 Å². The molecule has 4 heteroatoms. The van der Waals surface area contributed by atoms with Crippen LogP contribution in [0.5, 0.6) is 0 Å². The second-order valence-electron chi connectivity index (χ2n) is 4.85. The lowest BCUT2D eigenvalue weighted by Crippen LogP contribution is -2.44. The van der Waals surface area contributed by atoms with Gasteiger partial charge in [0.15, 0.2) is 0 Å². The molecule has 0 radical (unpaired) electrons. The summed E-state index contributed by atoms with van der Waals surface area (Å²) in [7, 11) is 0. The van der Waals surface area contributed by atoms with E-state index in [9.17, 15) is 5.11 Å². The molecule has 0 aliphatic carbocycles. The molecule has 0 unspecified atom stereocenters. The highest BCUT2D eigenvalue weighted by atomic mass is 16.5. The Morgan fingerprint density at radius 2 is 2.40 bits per heavy atom. The Kier molecular flexibility index (Phi) is 3.61. The van der Waals surface area contributed by atoms with E-state index in [2.05, 4.69) is 4.90 Å². The first-order chi connectivity index (χ1) is 7.24. The number of nitrogens with zero attached hydrogens (tertiary/aromatic N) is 1. The van der Waals surface area contributed by atoms with Gasteiger partial charge >= 0.3 is 0 Å². The van der Waals surface area contributed by atoms with Crippen LogP contribution in [0.1, 0.15) is 25.7 Å². The van der Waals surface area contributed by atoms with Crippen LogP contribution < -0.4 is 5.73 Å². The first-order valence-corrected chi connectivity index (χ1v) is 5.99. The SMILES string of the molecule is NCCCN1CC[C@]2(C[C@H](O)CCO2)C1. The van der Waals surface area contributed by atoms with Crippen LogP contribution in [0.25, 0.3) is 0 Å². The van der Waals surface area contributed by atoms with Gasteiger partial charge in [-0.3, -0.25) is 0 Å². The monoisotopic (exact) mass is 214 g/mol. The molecule has 15 heavy (non-hydrogen) atoms. The number of nitrogens with two attached hydrogens (primary N) is 1. The molecule has 0 aromatic rings. The Morgan fingerprint density at radius 1 is 1.53 bits per heavy atom. The van der Waals surface area contributed by atoms with Crippen molar-refractivity contribution in [1.29, 1.82) is 0 Å². The molecule has 3 N–H and O–H groups in total. The molecule has 2 aliphatic heterocycles. The summed E-state index contributed by atoms with van der Waals surface area (Å²) in [5, 5.41) is 9.68. The van der Waals surface area contributed by atoms with Gasteiger partial charge in [0, 0.05) is 26.1 Å². The summed E-state index contributed by atoms with van der Waals surface area (Å²) in [6, 6.07) is 0. The summed E-state index contributed by atoms with van der Waals surface area (Å²) < 4.78 is 5.87. The number of rotatable bonds is 3. The first-order valence-electron chi connectivity index (χ1n) is 5.99. The minimum Gasteiger partial charge on any atom is -0.393 e. The summed E-state index contributed by atoms with van der Waals surface area (Å²) in [6.07, 6.45) is 3.57. The largest absolute Gasteiger partial charge is 0.393 e. The standard InChI is InChI=1S/C11H22N2O2/c12-4-1-5-13-6-3-11(9-13)8-10(14)2-7-15-11/h10,14H,1-9,12H2/t10-,11+/m1/s1. The van der Waals surface area contributed by atoms with Crippen molar-refractivity contribution in [2.24, 2.45) is 5.73 Å². The van der Waals surface area contributed by atoms with Gasteiger partial charge in [-0.25, -0.2) is 0 Å². The highest BCUT2D eigenvalue weighted by Gasteiger charge is 2.42. The molecular weight excluding hydrogens is 192 g/mol. The van der Waals surface area contributed by atoms with E-state index in [1.807, 2.05) is 0 Å². The number of aliphatic hydroxyl groups is 1. The lowest BCUT2D eigenvalue weighted by molar-refractivity contribution is -0.110. The van der Waals surface area contributed by atoms with E-state index >= 15 is 0 Å². The predicted octanol–water partition coefficient (Wildman–Crippen LogP) is -0.0490. The van der Waals surface area contributed by atoms with Crippen molar-refractivity contribution in [3.05, 3.63) is 0 Å². The van der Waals surface area contributed by atoms with Crippen LogP contribution in [0, 0.1) is 0 Å². The fraction of sp³-hybridized carbons (Fsp3) is 1.00. The van der Waals surface area contributed by atoms with Crippen molar-refractivity contribution < 1.29 is 9.84 Å². The second-order valence-corrected chi connectivity index (χ2v) is 4.85. The molecule has 2 saturated heterocycles. The molecule has 88 valence electrons. The molecule has 4 nitrogen and oxygen atoms in total. The van der Waals surface area contributed by atoms with E-state index in [4.69, 9.17) is 10.5 Å². The van der Waals surface area contributed by atoms with Crippen LogP contribution >= 0.6 is 0 Å². The zero-order valence-corrected chi connectivity index (χ0v) is 9.32. The van der Waals surface area contributed by atoms with Crippen LogP contribution in [-0.2, 0) is 4.74 Å². The Balaban J connectivity index is 1.84. The summed E-state index contributed by atoms with van der Waals surface area (Å²) in [4.78, 5) is 2.41. The van der Waals surface area contributed by atoms with Crippen molar-refractivity contribution in [2.75, 3.05) is 32.8 Å².